The second kappa shape index (κ2) is 8.85. The molecule has 0 amide bonds. The van der Waals surface area contributed by atoms with Gasteiger partial charge in [0.15, 0.2) is 0 Å². The molecule has 134 valence electrons. The summed E-state index contributed by atoms with van der Waals surface area (Å²) in [5, 5.41) is 7.50. The molecule has 0 radical (unpaired) electrons. The van der Waals surface area contributed by atoms with E-state index in [0.717, 1.165) is 16.9 Å². The predicted molar refractivity (Wildman–Crippen MR) is 108 cm³/mol. The maximum Gasteiger partial charge on any atom is 0.225 e. The van der Waals surface area contributed by atoms with Gasteiger partial charge in [0.05, 0.1) is 12.3 Å². The van der Waals surface area contributed by atoms with Crippen LogP contribution in [0.3, 0.4) is 0 Å². The lowest BCUT2D eigenvalue weighted by Crippen LogP contribution is -2.11. The number of hydrogen-bond donors (Lipinski definition) is 2. The fourth-order valence-electron chi connectivity index (χ4n) is 2.39. The summed E-state index contributed by atoms with van der Waals surface area (Å²) >= 11 is 12.2. The third-order valence-corrected chi connectivity index (χ3v) is 3.96. The fourth-order valence-corrected chi connectivity index (χ4v) is 2.91. The SMILES string of the molecule is COCCNc1nc(Nc2cc(Cl)cc(Cl)c2)cc(-c2ccccc2)n1. The minimum absolute atomic E-state index is 0.513. The smallest absolute Gasteiger partial charge is 0.225 e. The molecule has 1 aromatic heterocycles. The molecule has 3 aromatic rings. The maximum absolute atomic E-state index is 6.08. The first kappa shape index (κ1) is 18.5. The second-order valence-corrected chi connectivity index (χ2v) is 6.40. The molecule has 0 saturated heterocycles. The molecular weight excluding hydrogens is 371 g/mol. The van der Waals surface area contributed by atoms with Crippen molar-refractivity contribution in [2.45, 2.75) is 0 Å². The molecule has 0 aliphatic carbocycles. The molecule has 2 N–H and O–H groups in total. The Morgan fingerprint density at radius 2 is 1.69 bits per heavy atom. The number of hydrogen-bond acceptors (Lipinski definition) is 5. The van der Waals surface area contributed by atoms with Crippen LogP contribution in [0.5, 0.6) is 0 Å². The Morgan fingerprint density at radius 1 is 0.962 bits per heavy atom. The third kappa shape index (κ3) is 5.08. The summed E-state index contributed by atoms with van der Waals surface area (Å²) in [5.74, 6) is 1.15. The molecule has 1 heterocycles. The van der Waals surface area contributed by atoms with Gasteiger partial charge in [-0.25, -0.2) is 4.98 Å². The molecule has 0 saturated carbocycles. The zero-order valence-corrected chi connectivity index (χ0v) is 15.7. The normalized spacial score (nSPS) is 10.6. The lowest BCUT2D eigenvalue weighted by atomic mass is 10.1. The number of rotatable bonds is 7. The summed E-state index contributed by atoms with van der Waals surface area (Å²) in [7, 11) is 1.65. The molecule has 3 rings (SSSR count). The first-order valence-electron chi connectivity index (χ1n) is 8.04. The van der Waals surface area contributed by atoms with Gasteiger partial charge in [0.1, 0.15) is 5.82 Å². The Hall–Kier alpha value is -2.34. The summed E-state index contributed by atoms with van der Waals surface area (Å²) in [6.07, 6.45) is 0. The van der Waals surface area contributed by atoms with Gasteiger partial charge in [0.2, 0.25) is 5.95 Å². The standard InChI is InChI=1S/C19H18Cl2N4O/c1-26-8-7-22-19-24-17(13-5-3-2-4-6-13)12-18(25-19)23-16-10-14(20)9-15(21)11-16/h2-6,9-12H,7-8H2,1H3,(H2,22,23,24,25). The van der Waals surface area contributed by atoms with Crippen molar-refractivity contribution in [3.8, 4) is 11.3 Å². The van der Waals surface area contributed by atoms with Gasteiger partial charge in [0, 0.05) is 41.0 Å². The van der Waals surface area contributed by atoms with Gasteiger partial charge >= 0.3 is 0 Å². The number of nitrogens with one attached hydrogen (secondary N) is 2. The Balaban J connectivity index is 1.93. The topological polar surface area (TPSA) is 59.1 Å². The van der Waals surface area contributed by atoms with Crippen molar-refractivity contribution in [1.29, 1.82) is 0 Å². The number of halogens is 2. The Kier molecular flexibility index (Phi) is 6.28. The molecule has 0 fully saturated rings. The van der Waals surface area contributed by atoms with Crippen LogP contribution in [0.15, 0.2) is 54.6 Å². The average molecular weight is 389 g/mol. The third-order valence-electron chi connectivity index (χ3n) is 3.52. The Labute approximate surface area is 162 Å². The van der Waals surface area contributed by atoms with Crippen LogP contribution in [0.2, 0.25) is 10.0 Å². The highest BCUT2D eigenvalue weighted by Gasteiger charge is 2.08. The zero-order chi connectivity index (χ0) is 18.4. The van der Waals surface area contributed by atoms with Crippen molar-refractivity contribution >= 4 is 40.7 Å². The summed E-state index contributed by atoms with van der Waals surface area (Å²) in [4.78, 5) is 9.09. The summed E-state index contributed by atoms with van der Waals surface area (Å²) in [5.41, 5.74) is 2.55. The van der Waals surface area contributed by atoms with E-state index in [1.165, 1.54) is 0 Å². The molecule has 0 atom stereocenters. The molecule has 26 heavy (non-hydrogen) atoms. The summed E-state index contributed by atoms with van der Waals surface area (Å²) in [6.45, 7) is 1.17. The molecule has 0 aliphatic heterocycles. The average Bonchev–Trinajstić information content (AvgIpc) is 2.62. The highest BCUT2D eigenvalue weighted by atomic mass is 35.5. The van der Waals surface area contributed by atoms with Crippen molar-refractivity contribution in [2.75, 3.05) is 30.9 Å². The van der Waals surface area contributed by atoms with Gasteiger partial charge in [-0.2, -0.15) is 4.98 Å². The van der Waals surface area contributed by atoms with E-state index < -0.39 is 0 Å². The van der Waals surface area contributed by atoms with Gasteiger partial charge in [-0.05, 0) is 18.2 Å². The first-order valence-corrected chi connectivity index (χ1v) is 8.80. The zero-order valence-electron chi connectivity index (χ0n) is 14.2. The summed E-state index contributed by atoms with van der Waals surface area (Å²) < 4.78 is 5.07. The van der Waals surface area contributed by atoms with Crippen molar-refractivity contribution in [1.82, 2.24) is 9.97 Å². The number of methoxy groups -OCH3 is 1. The maximum atomic E-state index is 6.08. The van der Waals surface area contributed by atoms with Crippen LogP contribution in [0.1, 0.15) is 0 Å². The van der Waals surface area contributed by atoms with Crippen LogP contribution in [0, 0.1) is 0 Å². The van der Waals surface area contributed by atoms with Crippen LogP contribution in [0.25, 0.3) is 11.3 Å². The molecule has 0 bridgehead atoms. The van der Waals surface area contributed by atoms with Crippen LogP contribution in [-0.4, -0.2) is 30.2 Å². The quantitative estimate of drug-likeness (QED) is 0.541. The number of anilines is 3. The lowest BCUT2D eigenvalue weighted by molar-refractivity contribution is 0.210. The van der Waals surface area contributed by atoms with Gasteiger partial charge in [-0.3, -0.25) is 0 Å². The largest absolute Gasteiger partial charge is 0.383 e. The van der Waals surface area contributed by atoms with Crippen LogP contribution in [0.4, 0.5) is 17.5 Å². The molecule has 5 nitrogen and oxygen atoms in total. The van der Waals surface area contributed by atoms with Crippen LogP contribution < -0.4 is 10.6 Å². The van der Waals surface area contributed by atoms with E-state index in [2.05, 4.69) is 20.6 Å². The molecule has 7 heteroatoms. The number of benzene rings is 2. The highest BCUT2D eigenvalue weighted by Crippen LogP contribution is 2.27. The van der Waals surface area contributed by atoms with Crippen molar-refractivity contribution in [2.24, 2.45) is 0 Å². The molecular formula is C19H18Cl2N4O. The monoisotopic (exact) mass is 388 g/mol. The minimum Gasteiger partial charge on any atom is -0.383 e. The first-order chi connectivity index (χ1) is 12.6. The van der Waals surface area contributed by atoms with E-state index in [9.17, 15) is 0 Å². The summed E-state index contributed by atoms with van der Waals surface area (Å²) in [6, 6.07) is 17.1. The van der Waals surface area contributed by atoms with E-state index in [0.29, 0.717) is 35.0 Å². The Bertz CT molecular complexity index is 854. The molecule has 0 aliphatic rings. The molecule has 0 spiro atoms. The molecule has 2 aromatic carbocycles. The van der Waals surface area contributed by atoms with Crippen molar-refractivity contribution in [3.63, 3.8) is 0 Å². The highest BCUT2D eigenvalue weighted by molar-refractivity contribution is 6.35. The second-order valence-electron chi connectivity index (χ2n) is 5.53. The van der Waals surface area contributed by atoms with Crippen LogP contribution in [-0.2, 0) is 4.74 Å². The van der Waals surface area contributed by atoms with Crippen LogP contribution >= 0.6 is 23.2 Å². The van der Waals surface area contributed by atoms with Gasteiger partial charge in [0.25, 0.3) is 0 Å². The number of aromatic nitrogens is 2. The van der Waals surface area contributed by atoms with Gasteiger partial charge < -0.3 is 15.4 Å². The van der Waals surface area contributed by atoms with Crippen molar-refractivity contribution in [3.05, 3.63) is 64.6 Å². The number of nitrogens with zero attached hydrogens (tertiary/aromatic N) is 2. The number of ether oxygens (including phenoxy) is 1. The van der Waals surface area contributed by atoms with Gasteiger partial charge in [-0.1, -0.05) is 53.5 Å². The van der Waals surface area contributed by atoms with E-state index in [1.54, 1.807) is 25.3 Å². The van der Waals surface area contributed by atoms with Gasteiger partial charge in [-0.15, -0.1) is 0 Å². The van der Waals surface area contributed by atoms with E-state index in [1.807, 2.05) is 36.4 Å². The fraction of sp³-hybridized carbons (Fsp3) is 0.158. The minimum atomic E-state index is 0.513. The molecule has 0 unspecified atom stereocenters. The van der Waals surface area contributed by atoms with E-state index in [-0.39, 0.29) is 0 Å². The predicted octanol–water partition coefficient (Wildman–Crippen LogP) is 5.25. The Morgan fingerprint density at radius 3 is 2.38 bits per heavy atom. The lowest BCUT2D eigenvalue weighted by Gasteiger charge is -2.12. The van der Waals surface area contributed by atoms with E-state index in [4.69, 9.17) is 27.9 Å². The van der Waals surface area contributed by atoms with E-state index >= 15 is 0 Å². The van der Waals surface area contributed by atoms with Crippen molar-refractivity contribution < 1.29 is 4.74 Å².